The average molecular weight is 382 g/mol. The van der Waals surface area contributed by atoms with Gasteiger partial charge in [-0.3, -0.25) is 4.79 Å². The van der Waals surface area contributed by atoms with Gasteiger partial charge in [-0.2, -0.15) is 0 Å². The number of urea groups is 1. The molecule has 3 rings (SSSR count). The van der Waals surface area contributed by atoms with Crippen LogP contribution in [0.2, 0.25) is 0 Å². The van der Waals surface area contributed by atoms with Gasteiger partial charge in [0.05, 0.1) is 6.04 Å². The van der Waals surface area contributed by atoms with Crippen molar-refractivity contribution in [3.63, 3.8) is 0 Å². The van der Waals surface area contributed by atoms with Gasteiger partial charge in [-0.1, -0.05) is 0 Å². The van der Waals surface area contributed by atoms with Crippen LogP contribution in [0.5, 0.6) is 0 Å². The minimum absolute atomic E-state index is 0. The molecule has 0 aliphatic carbocycles. The Morgan fingerprint density at radius 3 is 2.23 bits per heavy atom. The maximum atomic E-state index is 12.1. The standard InChI is InChI=1S/C18H27N5O2.ClH/c1-23-11-8-15(9-12-23)22-18(25)21-14-6-4-13(5-7-14)20-17(24)16-3-2-10-19-16;/h4-7,15-16,19H,2-3,8-12H2,1H3,(H,20,24)(H2,21,22,25);1H. The highest BCUT2D eigenvalue weighted by molar-refractivity contribution is 5.95. The summed E-state index contributed by atoms with van der Waals surface area (Å²) in [6.07, 6.45) is 3.87. The number of amides is 3. The molecule has 144 valence electrons. The van der Waals surface area contributed by atoms with Crippen molar-refractivity contribution in [3.8, 4) is 0 Å². The number of carbonyl (C=O) groups is 2. The van der Waals surface area contributed by atoms with Gasteiger partial charge in [0, 0.05) is 17.4 Å². The fraction of sp³-hybridized carbons (Fsp3) is 0.556. The lowest BCUT2D eigenvalue weighted by molar-refractivity contribution is -0.117. The molecule has 26 heavy (non-hydrogen) atoms. The Kier molecular flexibility index (Phi) is 7.68. The predicted octanol–water partition coefficient (Wildman–Crippen LogP) is 2.01. The molecule has 2 fully saturated rings. The third-order valence-corrected chi connectivity index (χ3v) is 4.84. The van der Waals surface area contributed by atoms with E-state index < -0.39 is 0 Å². The molecule has 3 amide bonds. The van der Waals surface area contributed by atoms with Crippen molar-refractivity contribution in [1.29, 1.82) is 0 Å². The predicted molar refractivity (Wildman–Crippen MR) is 106 cm³/mol. The van der Waals surface area contributed by atoms with Gasteiger partial charge in [-0.05, 0) is 76.6 Å². The molecule has 2 aliphatic rings. The molecule has 1 aromatic carbocycles. The molecule has 4 N–H and O–H groups in total. The van der Waals surface area contributed by atoms with Crippen molar-refractivity contribution in [2.75, 3.05) is 37.3 Å². The molecule has 2 heterocycles. The van der Waals surface area contributed by atoms with Crippen molar-refractivity contribution < 1.29 is 9.59 Å². The van der Waals surface area contributed by atoms with Gasteiger partial charge in [-0.15, -0.1) is 12.4 Å². The van der Waals surface area contributed by atoms with Crippen molar-refractivity contribution in [1.82, 2.24) is 15.5 Å². The Morgan fingerprint density at radius 2 is 1.65 bits per heavy atom. The summed E-state index contributed by atoms with van der Waals surface area (Å²) in [7, 11) is 2.10. The molecule has 7 nitrogen and oxygen atoms in total. The quantitative estimate of drug-likeness (QED) is 0.642. The molecule has 1 unspecified atom stereocenters. The number of piperidine rings is 1. The summed E-state index contributed by atoms with van der Waals surface area (Å²) in [5.74, 6) is -0.00165. The molecular weight excluding hydrogens is 354 g/mol. The Balaban J connectivity index is 0.00000243. The molecule has 1 atom stereocenters. The number of rotatable bonds is 4. The summed E-state index contributed by atoms with van der Waals surface area (Å²) in [5.41, 5.74) is 1.45. The van der Waals surface area contributed by atoms with E-state index >= 15 is 0 Å². The van der Waals surface area contributed by atoms with Crippen molar-refractivity contribution in [3.05, 3.63) is 24.3 Å². The fourth-order valence-corrected chi connectivity index (χ4v) is 3.28. The number of benzene rings is 1. The van der Waals surface area contributed by atoms with Crippen molar-refractivity contribution in [2.24, 2.45) is 0 Å². The molecule has 1 aromatic rings. The Bertz CT molecular complexity index is 596. The first-order chi connectivity index (χ1) is 12.1. The first kappa shape index (κ1) is 20.5. The van der Waals surface area contributed by atoms with E-state index in [9.17, 15) is 9.59 Å². The van der Waals surface area contributed by atoms with E-state index in [0.717, 1.165) is 51.0 Å². The minimum Gasteiger partial charge on any atom is -0.335 e. The van der Waals surface area contributed by atoms with E-state index in [1.807, 2.05) is 0 Å². The number of hydrogen-bond acceptors (Lipinski definition) is 4. The molecule has 0 spiro atoms. The monoisotopic (exact) mass is 381 g/mol. The molecule has 0 radical (unpaired) electrons. The van der Waals surface area contributed by atoms with E-state index in [2.05, 4.69) is 33.2 Å². The van der Waals surface area contributed by atoms with Crippen LogP contribution in [0.1, 0.15) is 25.7 Å². The zero-order chi connectivity index (χ0) is 17.6. The van der Waals surface area contributed by atoms with Crippen LogP contribution in [0.3, 0.4) is 0 Å². The zero-order valence-electron chi connectivity index (χ0n) is 15.1. The SMILES string of the molecule is CN1CCC(NC(=O)Nc2ccc(NC(=O)C3CCCN3)cc2)CC1.Cl. The van der Waals surface area contributed by atoms with Gasteiger partial charge in [-0.25, -0.2) is 4.79 Å². The smallest absolute Gasteiger partial charge is 0.319 e. The number of nitrogens with zero attached hydrogens (tertiary/aromatic N) is 1. The van der Waals surface area contributed by atoms with Crippen LogP contribution in [0, 0.1) is 0 Å². The minimum atomic E-state index is -0.179. The van der Waals surface area contributed by atoms with E-state index in [0.29, 0.717) is 5.69 Å². The number of hydrogen-bond donors (Lipinski definition) is 4. The first-order valence-corrected chi connectivity index (χ1v) is 9.00. The maximum absolute atomic E-state index is 12.1. The Morgan fingerprint density at radius 1 is 1.04 bits per heavy atom. The van der Waals surface area contributed by atoms with E-state index in [1.54, 1.807) is 24.3 Å². The molecule has 0 aromatic heterocycles. The number of nitrogens with one attached hydrogen (secondary N) is 4. The maximum Gasteiger partial charge on any atom is 0.319 e. The molecule has 0 saturated carbocycles. The van der Waals surface area contributed by atoms with Crippen molar-refractivity contribution >= 4 is 35.7 Å². The third kappa shape index (κ3) is 5.86. The Labute approximate surface area is 160 Å². The second kappa shape index (κ2) is 9.75. The normalized spacial score (nSPS) is 20.9. The number of carbonyl (C=O) groups excluding carboxylic acids is 2. The van der Waals surface area contributed by atoms with Gasteiger partial charge in [0.15, 0.2) is 0 Å². The summed E-state index contributed by atoms with van der Waals surface area (Å²) in [5, 5.41) is 11.9. The lowest BCUT2D eigenvalue weighted by Gasteiger charge is -2.29. The number of anilines is 2. The summed E-state index contributed by atoms with van der Waals surface area (Å²) in [6.45, 7) is 2.91. The second-order valence-electron chi connectivity index (χ2n) is 6.89. The largest absolute Gasteiger partial charge is 0.335 e. The summed E-state index contributed by atoms with van der Waals surface area (Å²) in [4.78, 5) is 26.4. The van der Waals surface area contributed by atoms with Gasteiger partial charge >= 0.3 is 6.03 Å². The summed E-state index contributed by atoms with van der Waals surface area (Å²) >= 11 is 0. The molecule has 2 saturated heterocycles. The lowest BCUT2D eigenvalue weighted by Crippen LogP contribution is -2.44. The molecule has 0 bridgehead atoms. The van der Waals surface area contributed by atoms with E-state index in [1.165, 1.54) is 0 Å². The van der Waals surface area contributed by atoms with Crippen molar-refractivity contribution in [2.45, 2.75) is 37.8 Å². The van der Waals surface area contributed by atoms with Gasteiger partial charge < -0.3 is 26.2 Å². The lowest BCUT2D eigenvalue weighted by atomic mass is 10.1. The van der Waals surface area contributed by atoms with Crippen LogP contribution >= 0.6 is 12.4 Å². The van der Waals surface area contributed by atoms with Gasteiger partial charge in [0.1, 0.15) is 0 Å². The highest BCUT2D eigenvalue weighted by Gasteiger charge is 2.22. The van der Waals surface area contributed by atoms with Crippen LogP contribution in [-0.4, -0.2) is 55.6 Å². The summed E-state index contributed by atoms with van der Waals surface area (Å²) < 4.78 is 0. The highest BCUT2D eigenvalue weighted by Crippen LogP contribution is 2.15. The second-order valence-corrected chi connectivity index (χ2v) is 6.89. The van der Waals surface area contributed by atoms with Crippen LogP contribution in [0.25, 0.3) is 0 Å². The topological polar surface area (TPSA) is 85.5 Å². The van der Waals surface area contributed by atoms with E-state index in [-0.39, 0.29) is 36.4 Å². The van der Waals surface area contributed by atoms with Crippen LogP contribution in [0.15, 0.2) is 24.3 Å². The van der Waals surface area contributed by atoms with Crippen LogP contribution in [-0.2, 0) is 4.79 Å². The first-order valence-electron chi connectivity index (χ1n) is 9.00. The van der Waals surface area contributed by atoms with Gasteiger partial charge in [0.25, 0.3) is 0 Å². The van der Waals surface area contributed by atoms with E-state index in [4.69, 9.17) is 0 Å². The number of likely N-dealkylation sites (tertiary alicyclic amines) is 1. The summed E-state index contributed by atoms with van der Waals surface area (Å²) in [6, 6.07) is 7.15. The van der Waals surface area contributed by atoms with Crippen LogP contribution < -0.4 is 21.3 Å². The average Bonchev–Trinajstić information content (AvgIpc) is 3.13. The van der Waals surface area contributed by atoms with Gasteiger partial charge in [0.2, 0.25) is 5.91 Å². The zero-order valence-corrected chi connectivity index (χ0v) is 15.9. The molecule has 8 heteroatoms. The fourth-order valence-electron chi connectivity index (χ4n) is 3.28. The third-order valence-electron chi connectivity index (χ3n) is 4.84. The molecule has 2 aliphatic heterocycles. The molecular formula is C18H28ClN5O2. The van der Waals surface area contributed by atoms with Crippen LogP contribution in [0.4, 0.5) is 16.2 Å². The Hall–Kier alpha value is -1.83. The number of halogens is 1. The highest BCUT2D eigenvalue weighted by atomic mass is 35.5.